The van der Waals surface area contributed by atoms with Crippen LogP contribution in [0.15, 0.2) is 30.3 Å². The van der Waals surface area contributed by atoms with E-state index in [4.69, 9.17) is 5.11 Å². The maximum Gasteiger partial charge on any atom is 0.326 e. The van der Waals surface area contributed by atoms with Gasteiger partial charge in [0.2, 0.25) is 0 Å². The molecule has 1 aromatic carbocycles. The van der Waals surface area contributed by atoms with E-state index in [1.165, 1.54) is 5.56 Å². The molecule has 116 valence electrons. The Morgan fingerprint density at radius 3 is 2.33 bits per heavy atom. The molecule has 0 saturated heterocycles. The monoisotopic (exact) mass is 292 g/mol. The fraction of sp³-hybridized carbons (Fsp3) is 0.500. The van der Waals surface area contributed by atoms with Gasteiger partial charge in [-0.05, 0) is 23.8 Å². The van der Waals surface area contributed by atoms with Crippen LogP contribution in [-0.4, -0.2) is 29.7 Å². The van der Waals surface area contributed by atoms with Gasteiger partial charge in [0, 0.05) is 6.54 Å². The van der Waals surface area contributed by atoms with Crippen LogP contribution in [0.2, 0.25) is 0 Å². The lowest BCUT2D eigenvalue weighted by molar-refractivity contribution is -0.141. The molecule has 0 aliphatic carbocycles. The molecule has 0 bridgehead atoms. The maximum atomic E-state index is 11.7. The molecule has 0 aliphatic rings. The number of nitrogens with one attached hydrogen (secondary N) is 2. The Morgan fingerprint density at radius 1 is 1.19 bits per heavy atom. The Morgan fingerprint density at radius 2 is 1.81 bits per heavy atom. The van der Waals surface area contributed by atoms with Gasteiger partial charge in [-0.15, -0.1) is 0 Å². The number of aryl methyl sites for hydroxylation is 1. The number of aliphatic carboxylic acids is 1. The van der Waals surface area contributed by atoms with Gasteiger partial charge in [-0.25, -0.2) is 9.59 Å². The standard InChI is InChI=1S/C16H24N2O3/c1-16(2,3)13(14(19)20)18-15(21)17-11-7-10-12-8-5-4-6-9-12/h4-6,8-9,13H,7,10-11H2,1-3H3,(H,19,20)(H2,17,18,21)/t13-/m1/s1. The van der Waals surface area contributed by atoms with Gasteiger partial charge in [0.05, 0.1) is 0 Å². The SMILES string of the molecule is CC(C)(C)[C@H](NC(=O)NCCCc1ccccc1)C(=O)O. The first-order valence-electron chi connectivity index (χ1n) is 7.12. The van der Waals surface area contributed by atoms with Crippen LogP contribution in [0.3, 0.4) is 0 Å². The average Bonchev–Trinajstić information content (AvgIpc) is 2.40. The van der Waals surface area contributed by atoms with Crippen LogP contribution in [0, 0.1) is 5.41 Å². The predicted molar refractivity (Wildman–Crippen MR) is 82.2 cm³/mol. The Bertz CT molecular complexity index is 466. The van der Waals surface area contributed by atoms with Crippen LogP contribution in [0.25, 0.3) is 0 Å². The number of hydrogen-bond acceptors (Lipinski definition) is 2. The first-order chi connectivity index (χ1) is 9.80. The number of carbonyl (C=O) groups is 2. The number of urea groups is 1. The molecule has 1 aromatic rings. The van der Waals surface area contributed by atoms with E-state index >= 15 is 0 Å². The Labute approximate surface area is 125 Å². The predicted octanol–water partition coefficient (Wildman–Crippen LogP) is 2.42. The van der Waals surface area contributed by atoms with E-state index in [1.54, 1.807) is 20.8 Å². The summed E-state index contributed by atoms with van der Waals surface area (Å²) < 4.78 is 0. The van der Waals surface area contributed by atoms with Crippen LogP contribution >= 0.6 is 0 Å². The fourth-order valence-electron chi connectivity index (χ4n) is 1.97. The Kier molecular flexibility index (Phi) is 6.21. The number of carboxylic acids is 1. The number of carbonyl (C=O) groups excluding carboxylic acids is 1. The van der Waals surface area contributed by atoms with Crippen molar-refractivity contribution in [1.29, 1.82) is 0 Å². The highest BCUT2D eigenvalue weighted by Crippen LogP contribution is 2.19. The van der Waals surface area contributed by atoms with Gasteiger partial charge in [-0.2, -0.15) is 0 Å². The first kappa shape index (κ1) is 17.0. The van der Waals surface area contributed by atoms with Gasteiger partial charge in [0.15, 0.2) is 0 Å². The summed E-state index contributed by atoms with van der Waals surface area (Å²) in [6, 6.07) is 8.66. The summed E-state index contributed by atoms with van der Waals surface area (Å²) in [6.07, 6.45) is 1.69. The number of carboxylic acid groups (broad SMARTS) is 1. The Hall–Kier alpha value is -2.04. The molecule has 1 atom stereocenters. The van der Waals surface area contributed by atoms with Crippen LogP contribution in [0.4, 0.5) is 4.79 Å². The lowest BCUT2D eigenvalue weighted by Crippen LogP contribution is -2.52. The van der Waals surface area contributed by atoms with E-state index < -0.39 is 23.5 Å². The van der Waals surface area contributed by atoms with Gasteiger partial charge < -0.3 is 15.7 Å². The molecule has 0 unspecified atom stereocenters. The summed E-state index contributed by atoms with van der Waals surface area (Å²) in [4.78, 5) is 22.9. The molecule has 5 nitrogen and oxygen atoms in total. The zero-order valence-electron chi connectivity index (χ0n) is 12.8. The van der Waals surface area contributed by atoms with Crippen LogP contribution < -0.4 is 10.6 Å². The van der Waals surface area contributed by atoms with E-state index in [0.717, 1.165) is 12.8 Å². The zero-order chi connectivity index (χ0) is 15.9. The van der Waals surface area contributed by atoms with E-state index in [2.05, 4.69) is 10.6 Å². The smallest absolute Gasteiger partial charge is 0.326 e. The second-order valence-corrected chi connectivity index (χ2v) is 6.13. The number of benzene rings is 1. The molecule has 2 amide bonds. The summed E-state index contributed by atoms with van der Waals surface area (Å²) in [7, 11) is 0. The van der Waals surface area contributed by atoms with Crippen molar-refractivity contribution < 1.29 is 14.7 Å². The molecule has 21 heavy (non-hydrogen) atoms. The molecule has 0 heterocycles. The van der Waals surface area contributed by atoms with Crippen molar-refractivity contribution in [3.05, 3.63) is 35.9 Å². The lowest BCUT2D eigenvalue weighted by Gasteiger charge is -2.27. The van der Waals surface area contributed by atoms with Crippen molar-refractivity contribution in [2.45, 2.75) is 39.7 Å². The van der Waals surface area contributed by atoms with Crippen molar-refractivity contribution in [1.82, 2.24) is 10.6 Å². The fourth-order valence-corrected chi connectivity index (χ4v) is 1.97. The van der Waals surface area contributed by atoms with Crippen molar-refractivity contribution >= 4 is 12.0 Å². The summed E-state index contributed by atoms with van der Waals surface area (Å²) >= 11 is 0. The molecule has 0 fully saturated rings. The van der Waals surface area contributed by atoms with Gasteiger partial charge in [-0.1, -0.05) is 51.1 Å². The number of hydrogen-bond donors (Lipinski definition) is 3. The minimum atomic E-state index is -1.03. The highest BCUT2D eigenvalue weighted by molar-refractivity contribution is 5.83. The third-order valence-corrected chi connectivity index (χ3v) is 3.16. The molecule has 0 aromatic heterocycles. The molecular weight excluding hydrogens is 268 g/mol. The van der Waals surface area contributed by atoms with Gasteiger partial charge in [0.1, 0.15) is 6.04 Å². The molecule has 0 aliphatic heterocycles. The zero-order valence-corrected chi connectivity index (χ0v) is 12.8. The number of amides is 2. The minimum Gasteiger partial charge on any atom is -0.480 e. The second kappa shape index (κ2) is 7.67. The van der Waals surface area contributed by atoms with E-state index in [9.17, 15) is 9.59 Å². The van der Waals surface area contributed by atoms with Crippen LogP contribution in [-0.2, 0) is 11.2 Å². The largest absolute Gasteiger partial charge is 0.480 e. The highest BCUT2D eigenvalue weighted by atomic mass is 16.4. The first-order valence-corrected chi connectivity index (χ1v) is 7.12. The summed E-state index contributed by atoms with van der Waals surface area (Å²) in [5.41, 5.74) is 0.686. The van der Waals surface area contributed by atoms with Crippen molar-refractivity contribution in [3.63, 3.8) is 0 Å². The topological polar surface area (TPSA) is 78.4 Å². The molecule has 5 heteroatoms. The second-order valence-electron chi connectivity index (χ2n) is 6.13. The number of rotatable bonds is 6. The Balaban J connectivity index is 2.32. The maximum absolute atomic E-state index is 11.7. The summed E-state index contributed by atoms with van der Waals surface area (Å²) in [6.45, 7) is 5.85. The van der Waals surface area contributed by atoms with Crippen LogP contribution in [0.1, 0.15) is 32.8 Å². The van der Waals surface area contributed by atoms with Gasteiger partial charge in [-0.3, -0.25) is 0 Å². The summed E-state index contributed by atoms with van der Waals surface area (Å²) in [5.74, 6) is -1.03. The minimum absolute atomic E-state index is 0.439. The molecule has 3 N–H and O–H groups in total. The molecule has 0 saturated carbocycles. The van der Waals surface area contributed by atoms with Crippen molar-refractivity contribution in [2.75, 3.05) is 6.54 Å². The highest BCUT2D eigenvalue weighted by Gasteiger charge is 2.32. The lowest BCUT2D eigenvalue weighted by atomic mass is 9.87. The average molecular weight is 292 g/mol. The van der Waals surface area contributed by atoms with E-state index in [-0.39, 0.29) is 0 Å². The van der Waals surface area contributed by atoms with E-state index in [0.29, 0.717) is 6.54 Å². The normalized spacial score (nSPS) is 12.5. The summed E-state index contributed by atoms with van der Waals surface area (Å²) in [5, 5.41) is 14.3. The molecular formula is C16H24N2O3. The molecule has 0 radical (unpaired) electrons. The van der Waals surface area contributed by atoms with E-state index in [1.807, 2.05) is 30.3 Å². The molecule has 0 spiro atoms. The van der Waals surface area contributed by atoms with Crippen molar-refractivity contribution in [2.24, 2.45) is 5.41 Å². The third-order valence-electron chi connectivity index (χ3n) is 3.16. The van der Waals surface area contributed by atoms with Crippen molar-refractivity contribution in [3.8, 4) is 0 Å². The van der Waals surface area contributed by atoms with Crippen LogP contribution in [0.5, 0.6) is 0 Å². The molecule has 1 rings (SSSR count). The quantitative estimate of drug-likeness (QED) is 0.705. The van der Waals surface area contributed by atoms with Gasteiger partial charge in [0.25, 0.3) is 0 Å². The third kappa shape index (κ3) is 6.29. The van der Waals surface area contributed by atoms with Gasteiger partial charge >= 0.3 is 12.0 Å².